The largest absolute Gasteiger partial charge is 0.314 e. The van der Waals surface area contributed by atoms with Gasteiger partial charge in [0.2, 0.25) is 5.91 Å². The standard InChI is InChI=1S/C19H22Cl2N2O3S2/c20-13-6-3-7-14(18(13)21)23-15-10-28(25,26)11-16(15)27-19(23)22-17(24)9-8-12-4-1-2-5-12/h3,6-7,12,15-16H,1-2,4-5,8-11H2. The molecule has 28 heavy (non-hydrogen) atoms. The van der Waals surface area contributed by atoms with Gasteiger partial charge in [0, 0.05) is 11.7 Å². The summed E-state index contributed by atoms with van der Waals surface area (Å²) < 4.78 is 24.3. The molecule has 3 fully saturated rings. The molecule has 1 saturated carbocycles. The van der Waals surface area contributed by atoms with E-state index in [-0.39, 0.29) is 28.7 Å². The Labute approximate surface area is 179 Å². The molecule has 2 unspecified atom stereocenters. The van der Waals surface area contributed by atoms with Gasteiger partial charge in [0.05, 0.1) is 33.3 Å². The number of hydrogen-bond donors (Lipinski definition) is 0. The van der Waals surface area contributed by atoms with Gasteiger partial charge in [-0.1, -0.05) is 66.7 Å². The first-order valence-corrected chi connectivity index (χ1v) is 13.0. The van der Waals surface area contributed by atoms with Gasteiger partial charge >= 0.3 is 0 Å². The zero-order chi connectivity index (χ0) is 19.9. The van der Waals surface area contributed by atoms with Gasteiger partial charge in [0.15, 0.2) is 15.0 Å². The van der Waals surface area contributed by atoms with Crippen molar-refractivity contribution in [3.05, 3.63) is 28.2 Å². The maximum Gasteiger partial charge on any atom is 0.248 e. The Bertz CT molecular complexity index is 914. The van der Waals surface area contributed by atoms with E-state index in [1.807, 2.05) is 4.90 Å². The molecule has 2 atom stereocenters. The molecular formula is C19H22Cl2N2O3S2. The predicted octanol–water partition coefficient (Wildman–Crippen LogP) is 4.57. The van der Waals surface area contributed by atoms with Crippen LogP contribution < -0.4 is 4.90 Å². The number of fused-ring (bicyclic) bond motifs is 1. The third-order valence-corrected chi connectivity index (χ3v) is 9.74. The molecule has 1 aromatic rings. The molecule has 2 heterocycles. The Kier molecular flexibility index (Phi) is 5.98. The number of carbonyl (C=O) groups is 1. The van der Waals surface area contributed by atoms with Crippen molar-refractivity contribution < 1.29 is 13.2 Å². The lowest BCUT2D eigenvalue weighted by Crippen LogP contribution is -2.38. The molecule has 5 nitrogen and oxygen atoms in total. The van der Waals surface area contributed by atoms with E-state index in [4.69, 9.17) is 23.2 Å². The fraction of sp³-hybridized carbons (Fsp3) is 0.579. The molecule has 3 aliphatic rings. The molecule has 1 aromatic carbocycles. The number of sulfone groups is 1. The molecular weight excluding hydrogens is 439 g/mol. The molecule has 152 valence electrons. The minimum absolute atomic E-state index is 0.0305. The van der Waals surface area contributed by atoms with Crippen LogP contribution in [0, 0.1) is 5.92 Å². The molecule has 0 aromatic heterocycles. The molecule has 0 bridgehead atoms. The quantitative estimate of drug-likeness (QED) is 0.658. The number of rotatable bonds is 4. The highest BCUT2D eigenvalue weighted by Crippen LogP contribution is 2.44. The number of nitrogens with zero attached hydrogens (tertiary/aromatic N) is 2. The van der Waals surface area contributed by atoms with E-state index in [1.165, 1.54) is 37.4 Å². The number of aliphatic imine (C=N–C) groups is 1. The van der Waals surface area contributed by atoms with Crippen molar-refractivity contribution in [2.75, 3.05) is 16.4 Å². The third-order valence-electron chi connectivity index (χ3n) is 5.72. The zero-order valence-corrected chi connectivity index (χ0v) is 18.5. The Morgan fingerprint density at radius 1 is 1.21 bits per heavy atom. The highest BCUT2D eigenvalue weighted by Gasteiger charge is 2.49. The lowest BCUT2D eigenvalue weighted by atomic mass is 10.0. The first-order valence-electron chi connectivity index (χ1n) is 9.56. The number of anilines is 1. The van der Waals surface area contributed by atoms with Gasteiger partial charge in [-0.15, -0.1) is 0 Å². The second-order valence-electron chi connectivity index (χ2n) is 7.72. The van der Waals surface area contributed by atoms with Crippen LogP contribution in [0.15, 0.2) is 23.2 Å². The van der Waals surface area contributed by atoms with Gasteiger partial charge < -0.3 is 4.90 Å². The first kappa shape index (κ1) is 20.5. The summed E-state index contributed by atoms with van der Waals surface area (Å²) in [5.41, 5.74) is 0.605. The SMILES string of the molecule is O=C(CCC1CCCC1)N=C1SC2CS(=O)(=O)CC2N1c1cccc(Cl)c1Cl. The van der Waals surface area contributed by atoms with Crippen LogP contribution in [0.4, 0.5) is 5.69 Å². The molecule has 0 N–H and O–H groups in total. The zero-order valence-electron chi connectivity index (χ0n) is 15.3. The predicted molar refractivity (Wildman–Crippen MR) is 116 cm³/mol. The van der Waals surface area contributed by atoms with Gasteiger partial charge in [-0.2, -0.15) is 4.99 Å². The Balaban J connectivity index is 1.60. The number of carbonyl (C=O) groups excluding carboxylic acids is 1. The average Bonchev–Trinajstić information content (AvgIpc) is 3.31. The van der Waals surface area contributed by atoms with Crippen LogP contribution in [0.3, 0.4) is 0 Å². The lowest BCUT2D eigenvalue weighted by molar-refractivity contribution is -0.118. The van der Waals surface area contributed by atoms with Crippen molar-refractivity contribution in [2.24, 2.45) is 10.9 Å². The molecule has 0 radical (unpaired) electrons. The molecule has 9 heteroatoms. The van der Waals surface area contributed by atoms with E-state index < -0.39 is 9.84 Å². The topological polar surface area (TPSA) is 66.8 Å². The third kappa shape index (κ3) is 4.23. The van der Waals surface area contributed by atoms with Crippen LogP contribution >= 0.6 is 35.0 Å². The molecule has 0 spiro atoms. The second-order valence-corrected chi connectivity index (χ2v) is 11.9. The summed E-state index contributed by atoms with van der Waals surface area (Å²) in [4.78, 5) is 18.7. The van der Waals surface area contributed by atoms with Crippen molar-refractivity contribution in [3.63, 3.8) is 0 Å². The summed E-state index contributed by atoms with van der Waals surface area (Å²) in [6, 6.07) is 4.96. The number of benzene rings is 1. The maximum absolute atomic E-state index is 12.5. The van der Waals surface area contributed by atoms with E-state index in [9.17, 15) is 13.2 Å². The minimum Gasteiger partial charge on any atom is -0.314 e. The van der Waals surface area contributed by atoms with Gasteiger partial charge in [0.25, 0.3) is 0 Å². The van der Waals surface area contributed by atoms with Crippen LogP contribution in [-0.4, -0.2) is 42.3 Å². The fourth-order valence-corrected chi connectivity index (χ4v) is 8.62. The number of halogens is 2. The molecule has 2 aliphatic heterocycles. The highest BCUT2D eigenvalue weighted by atomic mass is 35.5. The monoisotopic (exact) mass is 460 g/mol. The van der Waals surface area contributed by atoms with Crippen molar-refractivity contribution in [1.29, 1.82) is 0 Å². The number of hydrogen-bond acceptors (Lipinski definition) is 4. The summed E-state index contributed by atoms with van der Waals surface area (Å²) in [6.45, 7) is 0. The first-order chi connectivity index (χ1) is 13.3. The Morgan fingerprint density at radius 2 is 1.96 bits per heavy atom. The maximum atomic E-state index is 12.5. The highest BCUT2D eigenvalue weighted by molar-refractivity contribution is 8.16. The second kappa shape index (κ2) is 8.17. The van der Waals surface area contributed by atoms with Crippen LogP contribution in [0.5, 0.6) is 0 Å². The minimum atomic E-state index is -3.12. The molecule has 2 saturated heterocycles. The number of thioether (sulfide) groups is 1. The Morgan fingerprint density at radius 3 is 2.71 bits per heavy atom. The Hall–Kier alpha value is -0.760. The summed E-state index contributed by atoms with van der Waals surface area (Å²) in [7, 11) is -3.12. The van der Waals surface area contributed by atoms with Gasteiger partial charge in [-0.3, -0.25) is 4.79 Å². The van der Waals surface area contributed by atoms with Crippen molar-refractivity contribution >= 4 is 61.6 Å². The van der Waals surface area contributed by atoms with Gasteiger partial charge in [-0.05, 0) is 24.5 Å². The number of amides is 1. The van der Waals surface area contributed by atoms with Crippen LogP contribution in [-0.2, 0) is 14.6 Å². The number of amidine groups is 1. The smallest absolute Gasteiger partial charge is 0.248 e. The van der Waals surface area contributed by atoms with E-state index in [0.29, 0.717) is 33.2 Å². The molecule has 4 rings (SSSR count). The van der Waals surface area contributed by atoms with Gasteiger partial charge in [-0.25, -0.2) is 8.42 Å². The normalized spacial score (nSPS) is 28.2. The van der Waals surface area contributed by atoms with Crippen LogP contribution in [0.1, 0.15) is 38.5 Å². The summed E-state index contributed by atoms with van der Waals surface area (Å²) >= 11 is 13.9. The van der Waals surface area contributed by atoms with Crippen LogP contribution in [0.25, 0.3) is 0 Å². The summed E-state index contributed by atoms with van der Waals surface area (Å²) in [6.07, 6.45) is 6.21. The van der Waals surface area contributed by atoms with Crippen molar-refractivity contribution in [3.8, 4) is 0 Å². The van der Waals surface area contributed by atoms with Gasteiger partial charge in [0.1, 0.15) is 0 Å². The average molecular weight is 461 g/mol. The van der Waals surface area contributed by atoms with E-state index >= 15 is 0 Å². The van der Waals surface area contributed by atoms with Crippen LogP contribution in [0.2, 0.25) is 10.0 Å². The van der Waals surface area contributed by atoms with Crippen molar-refractivity contribution in [1.82, 2.24) is 0 Å². The fourth-order valence-electron chi connectivity index (χ4n) is 4.31. The van der Waals surface area contributed by atoms with E-state index in [0.717, 1.165) is 6.42 Å². The van der Waals surface area contributed by atoms with E-state index in [2.05, 4.69) is 4.99 Å². The summed E-state index contributed by atoms with van der Waals surface area (Å²) in [5, 5.41) is 1.12. The molecule has 1 amide bonds. The van der Waals surface area contributed by atoms with Crippen molar-refractivity contribution in [2.45, 2.75) is 49.8 Å². The molecule has 1 aliphatic carbocycles. The summed E-state index contributed by atoms with van der Waals surface area (Å²) in [5.74, 6) is 0.596. The lowest BCUT2D eigenvalue weighted by Gasteiger charge is -2.25. The van der Waals surface area contributed by atoms with E-state index in [1.54, 1.807) is 18.2 Å².